The first kappa shape index (κ1) is 23.8. The zero-order valence-electron chi connectivity index (χ0n) is 18.6. The van der Waals surface area contributed by atoms with Crippen molar-refractivity contribution < 1.29 is 26.0 Å². The molecule has 1 aliphatic rings. The number of nitrogens with zero attached hydrogens (tertiary/aromatic N) is 1. The summed E-state index contributed by atoms with van der Waals surface area (Å²) in [5.41, 5.74) is 0.699. The van der Waals surface area contributed by atoms with Crippen LogP contribution in [0, 0.1) is 11.2 Å². The Kier molecular flexibility index (Phi) is 5.85. The third kappa shape index (κ3) is 5.09. The number of aromatic nitrogens is 1. The van der Waals surface area contributed by atoms with Crippen molar-refractivity contribution in [2.45, 2.75) is 57.6 Å². The average molecular weight is 483 g/mol. The molecule has 4 nitrogen and oxygen atoms in total. The molecule has 178 valence electrons. The molecule has 1 unspecified atom stereocenters. The maximum Gasteiger partial charge on any atom is 0.408 e. The lowest BCUT2D eigenvalue weighted by atomic mass is 9.96. The molecule has 0 radical (unpaired) electrons. The molecule has 1 N–H and O–H groups in total. The van der Waals surface area contributed by atoms with Gasteiger partial charge in [0.15, 0.2) is 0 Å². The molecule has 1 fully saturated rings. The molecule has 1 saturated carbocycles. The minimum absolute atomic E-state index is 0.0391. The minimum atomic E-state index is -4.89. The standard InChI is InChI=1S/C24H26F4N2O2S/c1-23(2,3)14-30-13-19(22(24(26,27)28)29-33(31,32)16-9-10-16)18-11-20(25)17(12-21(18)30)15-7-5-4-6-8-15/h4-8,11-13,16,22,29H,9-10,14H2,1-3H3. The highest BCUT2D eigenvalue weighted by Crippen LogP contribution is 2.41. The van der Waals surface area contributed by atoms with Crippen LogP contribution in [0.1, 0.15) is 45.2 Å². The summed E-state index contributed by atoms with van der Waals surface area (Å²) < 4.78 is 85.8. The van der Waals surface area contributed by atoms with Gasteiger partial charge in [0.05, 0.1) is 5.25 Å². The smallest absolute Gasteiger partial charge is 0.347 e. The van der Waals surface area contributed by atoms with Crippen LogP contribution in [0.25, 0.3) is 22.0 Å². The number of fused-ring (bicyclic) bond motifs is 1. The number of nitrogens with one attached hydrogen (secondary N) is 1. The number of halogens is 4. The molecule has 1 atom stereocenters. The summed E-state index contributed by atoms with van der Waals surface area (Å²) in [5, 5.41) is -0.774. The van der Waals surface area contributed by atoms with E-state index >= 15 is 4.39 Å². The molecule has 1 aliphatic carbocycles. The van der Waals surface area contributed by atoms with Gasteiger partial charge in [0.1, 0.15) is 11.9 Å². The van der Waals surface area contributed by atoms with Crippen molar-refractivity contribution in [1.29, 1.82) is 0 Å². The normalized spacial score (nSPS) is 16.3. The van der Waals surface area contributed by atoms with Crippen LogP contribution in [0.5, 0.6) is 0 Å². The van der Waals surface area contributed by atoms with Crippen molar-refractivity contribution in [2.75, 3.05) is 0 Å². The Labute approximate surface area is 190 Å². The van der Waals surface area contributed by atoms with Gasteiger partial charge in [-0.05, 0) is 36.0 Å². The maximum atomic E-state index is 15.1. The van der Waals surface area contributed by atoms with Crippen molar-refractivity contribution in [3.63, 3.8) is 0 Å². The van der Waals surface area contributed by atoms with Crippen LogP contribution in [0.2, 0.25) is 0 Å². The van der Waals surface area contributed by atoms with E-state index < -0.39 is 33.3 Å². The van der Waals surface area contributed by atoms with Gasteiger partial charge in [-0.25, -0.2) is 12.8 Å². The first-order chi connectivity index (χ1) is 15.3. The van der Waals surface area contributed by atoms with Crippen LogP contribution in [-0.2, 0) is 16.6 Å². The molecule has 0 saturated heterocycles. The second-order valence-corrected chi connectivity index (χ2v) is 11.8. The Balaban J connectivity index is 1.92. The van der Waals surface area contributed by atoms with E-state index in [-0.39, 0.29) is 21.9 Å². The third-order valence-electron chi connectivity index (χ3n) is 5.61. The number of benzene rings is 2. The summed E-state index contributed by atoms with van der Waals surface area (Å²) in [5.74, 6) is -0.672. The van der Waals surface area contributed by atoms with E-state index in [1.807, 2.05) is 25.5 Å². The van der Waals surface area contributed by atoms with E-state index in [9.17, 15) is 21.6 Å². The van der Waals surface area contributed by atoms with E-state index in [4.69, 9.17) is 0 Å². The first-order valence-electron chi connectivity index (χ1n) is 10.7. The fourth-order valence-electron chi connectivity index (χ4n) is 3.99. The average Bonchev–Trinajstić information content (AvgIpc) is 3.50. The van der Waals surface area contributed by atoms with Crippen molar-refractivity contribution in [2.24, 2.45) is 5.41 Å². The molecule has 0 aliphatic heterocycles. The highest BCUT2D eigenvalue weighted by Gasteiger charge is 2.47. The van der Waals surface area contributed by atoms with Crippen LogP contribution in [-0.4, -0.2) is 24.4 Å². The van der Waals surface area contributed by atoms with Gasteiger partial charge in [-0.1, -0.05) is 51.1 Å². The molecular formula is C24H26F4N2O2S. The van der Waals surface area contributed by atoms with Gasteiger partial charge in [0, 0.05) is 34.8 Å². The number of rotatable bonds is 6. The molecule has 9 heteroatoms. The first-order valence-corrected chi connectivity index (χ1v) is 12.3. The fourth-order valence-corrected chi connectivity index (χ4v) is 5.53. The van der Waals surface area contributed by atoms with Crippen molar-refractivity contribution in [3.05, 3.63) is 60.0 Å². The highest BCUT2D eigenvalue weighted by molar-refractivity contribution is 7.90. The molecule has 2 aromatic carbocycles. The molecule has 4 rings (SSSR count). The van der Waals surface area contributed by atoms with Crippen LogP contribution >= 0.6 is 0 Å². The van der Waals surface area contributed by atoms with Gasteiger partial charge in [-0.15, -0.1) is 0 Å². The number of sulfonamides is 1. The SMILES string of the molecule is CC(C)(C)Cn1cc(C(NS(=O)(=O)C2CC2)C(F)(F)F)c2cc(F)c(-c3ccccc3)cc21. The van der Waals surface area contributed by atoms with E-state index in [1.165, 1.54) is 12.3 Å². The van der Waals surface area contributed by atoms with Crippen molar-refractivity contribution in [1.82, 2.24) is 9.29 Å². The van der Waals surface area contributed by atoms with Crippen molar-refractivity contribution in [3.8, 4) is 11.1 Å². The largest absolute Gasteiger partial charge is 0.408 e. The zero-order chi connectivity index (χ0) is 24.2. The molecular weight excluding hydrogens is 456 g/mol. The Morgan fingerprint density at radius 2 is 1.73 bits per heavy atom. The van der Waals surface area contributed by atoms with E-state index in [0.29, 0.717) is 30.5 Å². The predicted octanol–water partition coefficient (Wildman–Crippen LogP) is 6.18. The molecule has 0 bridgehead atoms. The van der Waals surface area contributed by atoms with Gasteiger partial charge in [0.2, 0.25) is 10.0 Å². The number of hydrogen-bond acceptors (Lipinski definition) is 2. The maximum absolute atomic E-state index is 15.1. The monoisotopic (exact) mass is 482 g/mol. The second-order valence-electron chi connectivity index (χ2n) is 9.83. The van der Waals surface area contributed by atoms with E-state index in [2.05, 4.69) is 0 Å². The Morgan fingerprint density at radius 3 is 2.27 bits per heavy atom. The molecule has 1 heterocycles. The second kappa shape index (κ2) is 8.13. The van der Waals surface area contributed by atoms with Gasteiger partial charge in [-0.2, -0.15) is 17.9 Å². The Bertz CT molecular complexity index is 1270. The molecule has 0 amide bonds. The topological polar surface area (TPSA) is 51.1 Å². The van der Waals surface area contributed by atoms with E-state index in [1.54, 1.807) is 34.9 Å². The van der Waals surface area contributed by atoms with Gasteiger partial charge in [0.25, 0.3) is 0 Å². The van der Waals surface area contributed by atoms with Crippen LogP contribution in [0.3, 0.4) is 0 Å². The summed E-state index contributed by atoms with van der Waals surface area (Å²) in [6.45, 7) is 6.19. The van der Waals surface area contributed by atoms with Crippen LogP contribution in [0.15, 0.2) is 48.7 Å². The van der Waals surface area contributed by atoms with Crippen LogP contribution < -0.4 is 4.72 Å². The summed E-state index contributed by atoms with van der Waals surface area (Å²) in [4.78, 5) is 0. The molecule has 0 spiro atoms. The summed E-state index contributed by atoms with van der Waals surface area (Å²) >= 11 is 0. The van der Waals surface area contributed by atoms with Crippen LogP contribution in [0.4, 0.5) is 17.6 Å². The van der Waals surface area contributed by atoms with Gasteiger partial charge < -0.3 is 4.57 Å². The highest BCUT2D eigenvalue weighted by atomic mass is 32.2. The zero-order valence-corrected chi connectivity index (χ0v) is 19.4. The van der Waals surface area contributed by atoms with Gasteiger partial charge >= 0.3 is 6.18 Å². The Morgan fingerprint density at radius 1 is 1.09 bits per heavy atom. The Hall–Kier alpha value is -2.39. The van der Waals surface area contributed by atoms with Gasteiger partial charge in [-0.3, -0.25) is 0 Å². The minimum Gasteiger partial charge on any atom is -0.347 e. The summed E-state index contributed by atoms with van der Waals surface area (Å²) in [6, 6.07) is 8.91. The third-order valence-corrected chi connectivity index (χ3v) is 7.53. The quantitative estimate of drug-likeness (QED) is 0.427. The molecule has 1 aromatic heterocycles. The lowest BCUT2D eigenvalue weighted by Crippen LogP contribution is -2.39. The number of alkyl halides is 3. The summed E-state index contributed by atoms with van der Waals surface area (Å²) in [6.07, 6.45) is -2.92. The summed E-state index contributed by atoms with van der Waals surface area (Å²) in [7, 11) is -4.15. The lowest BCUT2D eigenvalue weighted by Gasteiger charge is -2.22. The number of hydrogen-bond donors (Lipinski definition) is 1. The predicted molar refractivity (Wildman–Crippen MR) is 121 cm³/mol. The van der Waals surface area contributed by atoms with Crippen molar-refractivity contribution >= 4 is 20.9 Å². The molecule has 3 aromatic rings. The fraction of sp³-hybridized carbons (Fsp3) is 0.417. The lowest BCUT2D eigenvalue weighted by molar-refractivity contribution is -0.152. The van der Waals surface area contributed by atoms with E-state index in [0.717, 1.165) is 6.07 Å². The molecule has 33 heavy (non-hydrogen) atoms.